The van der Waals surface area contributed by atoms with E-state index in [9.17, 15) is 0 Å². The van der Waals surface area contributed by atoms with Crippen LogP contribution in [0.3, 0.4) is 0 Å². The number of likely N-dealkylation sites (tertiary alicyclic amines) is 1. The Kier molecular flexibility index (Phi) is 3.19. The van der Waals surface area contributed by atoms with Crippen molar-refractivity contribution in [1.82, 2.24) is 15.1 Å². The van der Waals surface area contributed by atoms with Crippen LogP contribution in [-0.2, 0) is 6.42 Å². The van der Waals surface area contributed by atoms with E-state index in [0.29, 0.717) is 0 Å². The first-order valence-corrected chi connectivity index (χ1v) is 5.50. The molecule has 0 atom stereocenters. The summed E-state index contributed by atoms with van der Waals surface area (Å²) < 4.78 is 0. The van der Waals surface area contributed by atoms with E-state index in [1.165, 1.54) is 43.6 Å². The van der Waals surface area contributed by atoms with Gasteiger partial charge in [0.1, 0.15) is 6.20 Å². The summed E-state index contributed by atoms with van der Waals surface area (Å²) in [6.45, 7) is 5.78. The molecule has 1 aliphatic rings. The molecule has 0 amide bonds. The van der Waals surface area contributed by atoms with Crippen LogP contribution in [0.2, 0.25) is 0 Å². The van der Waals surface area contributed by atoms with Crippen LogP contribution in [0.5, 0.6) is 0 Å². The van der Waals surface area contributed by atoms with E-state index < -0.39 is 0 Å². The molecule has 77 valence electrons. The van der Waals surface area contributed by atoms with Gasteiger partial charge < -0.3 is 4.90 Å². The number of hydrogen-bond donors (Lipinski definition) is 1. The van der Waals surface area contributed by atoms with E-state index in [0.717, 1.165) is 13.0 Å². The maximum Gasteiger partial charge on any atom is 0.116 e. The highest BCUT2D eigenvalue weighted by molar-refractivity contribution is 5.13. The number of nitrogens with zero attached hydrogens (tertiary/aromatic N) is 2. The molecule has 1 aliphatic heterocycles. The minimum Gasteiger partial charge on any atom is -0.303 e. The molecule has 2 heterocycles. The Labute approximate surface area is 85.5 Å². The number of rotatable bonds is 3. The van der Waals surface area contributed by atoms with Gasteiger partial charge in [-0.25, -0.2) is 0 Å². The standard InChI is InChI=1S/C11H18N3/c1-10-11(9-12-13-10)5-8-14-6-3-2-4-7-14/h2-8H2,1H3,(H,12,13). The van der Waals surface area contributed by atoms with Crippen molar-refractivity contribution >= 4 is 0 Å². The molecular weight excluding hydrogens is 174 g/mol. The van der Waals surface area contributed by atoms with Gasteiger partial charge in [0.2, 0.25) is 0 Å². The Morgan fingerprint density at radius 1 is 1.36 bits per heavy atom. The summed E-state index contributed by atoms with van der Waals surface area (Å²) in [6.07, 6.45) is 8.25. The van der Waals surface area contributed by atoms with E-state index in [-0.39, 0.29) is 0 Å². The minimum absolute atomic E-state index is 1.09. The quantitative estimate of drug-likeness (QED) is 0.788. The molecule has 1 fully saturated rings. The van der Waals surface area contributed by atoms with Crippen molar-refractivity contribution in [3.63, 3.8) is 0 Å². The maximum absolute atomic E-state index is 3.92. The van der Waals surface area contributed by atoms with E-state index in [2.05, 4.69) is 28.2 Å². The van der Waals surface area contributed by atoms with Gasteiger partial charge in [0, 0.05) is 17.8 Å². The number of aromatic amines is 1. The third-order valence-electron chi connectivity index (χ3n) is 2.99. The van der Waals surface area contributed by atoms with Crippen molar-refractivity contribution in [2.75, 3.05) is 19.6 Å². The van der Waals surface area contributed by atoms with Gasteiger partial charge in [-0.1, -0.05) is 6.42 Å². The molecule has 0 bridgehead atoms. The first kappa shape index (κ1) is 9.71. The molecule has 0 aliphatic carbocycles. The van der Waals surface area contributed by atoms with Crippen molar-refractivity contribution < 1.29 is 0 Å². The fourth-order valence-electron chi connectivity index (χ4n) is 2.03. The molecule has 1 aromatic heterocycles. The summed E-state index contributed by atoms with van der Waals surface area (Å²) in [5.41, 5.74) is 2.41. The molecule has 14 heavy (non-hydrogen) atoms. The Morgan fingerprint density at radius 3 is 2.79 bits per heavy atom. The van der Waals surface area contributed by atoms with Crippen LogP contribution in [-0.4, -0.2) is 34.7 Å². The second-order valence-corrected chi connectivity index (χ2v) is 4.09. The molecule has 0 unspecified atom stereocenters. The molecule has 0 spiro atoms. The molecule has 0 saturated carbocycles. The van der Waals surface area contributed by atoms with Gasteiger partial charge in [-0.05, 0) is 39.3 Å². The van der Waals surface area contributed by atoms with Gasteiger partial charge in [-0.15, -0.1) is 0 Å². The van der Waals surface area contributed by atoms with Crippen LogP contribution in [0.15, 0.2) is 0 Å². The van der Waals surface area contributed by atoms with Crippen LogP contribution in [0.4, 0.5) is 0 Å². The summed E-state index contributed by atoms with van der Waals surface area (Å²) in [4.78, 5) is 2.55. The van der Waals surface area contributed by atoms with Crippen LogP contribution in [0.25, 0.3) is 0 Å². The highest BCUT2D eigenvalue weighted by atomic mass is 15.1. The number of piperidine rings is 1. The zero-order chi connectivity index (χ0) is 9.80. The summed E-state index contributed by atoms with van der Waals surface area (Å²) in [6, 6.07) is 0. The van der Waals surface area contributed by atoms with Gasteiger partial charge in [0.05, 0.1) is 0 Å². The lowest BCUT2D eigenvalue weighted by molar-refractivity contribution is 0.231. The number of hydrogen-bond acceptors (Lipinski definition) is 2. The van der Waals surface area contributed by atoms with Crippen LogP contribution < -0.4 is 0 Å². The lowest BCUT2D eigenvalue weighted by atomic mass is 10.1. The average Bonchev–Trinajstić information content (AvgIpc) is 2.63. The van der Waals surface area contributed by atoms with Gasteiger partial charge in [0.15, 0.2) is 0 Å². The number of nitrogens with one attached hydrogen (secondary N) is 1. The van der Waals surface area contributed by atoms with Crippen molar-refractivity contribution in [2.24, 2.45) is 0 Å². The van der Waals surface area contributed by atoms with Crippen molar-refractivity contribution in [3.05, 3.63) is 17.5 Å². The van der Waals surface area contributed by atoms with E-state index in [4.69, 9.17) is 0 Å². The van der Waals surface area contributed by atoms with Gasteiger partial charge in [-0.2, -0.15) is 5.10 Å². The Bertz CT molecular complexity index is 274. The summed E-state index contributed by atoms with van der Waals surface area (Å²) in [5.74, 6) is 0. The smallest absolute Gasteiger partial charge is 0.116 e. The second-order valence-electron chi connectivity index (χ2n) is 4.09. The lowest BCUT2D eigenvalue weighted by Gasteiger charge is -2.26. The summed E-state index contributed by atoms with van der Waals surface area (Å²) in [5, 5.41) is 6.85. The molecule has 1 radical (unpaired) electrons. The van der Waals surface area contributed by atoms with E-state index in [1.807, 2.05) is 0 Å². The Morgan fingerprint density at radius 2 is 2.14 bits per heavy atom. The zero-order valence-corrected chi connectivity index (χ0v) is 8.84. The molecule has 1 N–H and O–H groups in total. The lowest BCUT2D eigenvalue weighted by Crippen LogP contribution is -2.31. The van der Waals surface area contributed by atoms with E-state index >= 15 is 0 Å². The number of aryl methyl sites for hydroxylation is 1. The Hall–Kier alpha value is -0.830. The molecule has 0 aromatic carbocycles. The van der Waals surface area contributed by atoms with Gasteiger partial charge in [0.25, 0.3) is 0 Å². The summed E-state index contributed by atoms with van der Waals surface area (Å²) >= 11 is 0. The summed E-state index contributed by atoms with van der Waals surface area (Å²) in [7, 11) is 0. The molecule has 3 nitrogen and oxygen atoms in total. The van der Waals surface area contributed by atoms with E-state index in [1.54, 1.807) is 0 Å². The van der Waals surface area contributed by atoms with Crippen LogP contribution in [0, 0.1) is 13.1 Å². The fourth-order valence-corrected chi connectivity index (χ4v) is 2.03. The van der Waals surface area contributed by atoms with Gasteiger partial charge in [-0.3, -0.25) is 5.10 Å². The van der Waals surface area contributed by atoms with Crippen LogP contribution >= 0.6 is 0 Å². The van der Waals surface area contributed by atoms with Gasteiger partial charge >= 0.3 is 0 Å². The minimum atomic E-state index is 1.09. The molecule has 3 heteroatoms. The average molecular weight is 192 g/mol. The maximum atomic E-state index is 3.92. The predicted octanol–water partition coefficient (Wildman–Crippen LogP) is 1.55. The van der Waals surface area contributed by atoms with Crippen molar-refractivity contribution in [3.8, 4) is 0 Å². The topological polar surface area (TPSA) is 31.9 Å². The fraction of sp³-hybridized carbons (Fsp3) is 0.727. The number of H-pyrrole nitrogens is 1. The molecular formula is C11H18N3. The normalized spacial score (nSPS) is 18.6. The molecule has 2 rings (SSSR count). The highest BCUT2D eigenvalue weighted by Gasteiger charge is 2.10. The largest absolute Gasteiger partial charge is 0.303 e. The zero-order valence-electron chi connectivity index (χ0n) is 8.84. The van der Waals surface area contributed by atoms with Crippen molar-refractivity contribution in [2.45, 2.75) is 32.6 Å². The SMILES string of the molecule is Cc1[nH]n[c]c1CCN1CCCCC1. The molecule has 1 aromatic rings. The highest BCUT2D eigenvalue weighted by Crippen LogP contribution is 2.10. The van der Waals surface area contributed by atoms with Crippen LogP contribution in [0.1, 0.15) is 30.5 Å². The predicted molar refractivity (Wildman–Crippen MR) is 56.2 cm³/mol. The second kappa shape index (κ2) is 4.60. The Balaban J connectivity index is 1.79. The first-order chi connectivity index (χ1) is 6.86. The monoisotopic (exact) mass is 192 g/mol. The third kappa shape index (κ3) is 2.35. The van der Waals surface area contributed by atoms with Crippen molar-refractivity contribution in [1.29, 1.82) is 0 Å². The first-order valence-electron chi connectivity index (χ1n) is 5.50. The third-order valence-corrected chi connectivity index (χ3v) is 2.99. The number of aromatic nitrogens is 2. The molecule has 1 saturated heterocycles.